The lowest BCUT2D eigenvalue weighted by Crippen LogP contribution is -2.45. The summed E-state index contributed by atoms with van der Waals surface area (Å²) in [6.07, 6.45) is 0. The summed E-state index contributed by atoms with van der Waals surface area (Å²) in [5.74, 6) is 1.29. The number of hydrogen-bond acceptors (Lipinski definition) is 4. The SMILES string of the molecule is COc1ccc2c(c1)OC(C)(C)CN(S(N)(=O)=O)C2. The number of ether oxygens (including phenoxy) is 2. The summed E-state index contributed by atoms with van der Waals surface area (Å²) in [5, 5.41) is 5.23. The van der Waals surface area contributed by atoms with Gasteiger partial charge in [0.2, 0.25) is 0 Å². The molecule has 1 aliphatic rings. The van der Waals surface area contributed by atoms with E-state index in [0.717, 1.165) is 5.56 Å². The Kier molecular flexibility index (Phi) is 3.46. The molecule has 1 aromatic rings. The molecule has 1 heterocycles. The Bertz CT molecular complexity index is 583. The standard InChI is InChI=1S/C12H18N2O4S/c1-12(2)8-14(19(13,15)16)7-9-4-5-10(17-3)6-11(9)18-12/h4-6H,7-8H2,1-3H3,(H2,13,15,16). The summed E-state index contributed by atoms with van der Waals surface area (Å²) < 4.78 is 35.4. The minimum absolute atomic E-state index is 0.196. The summed E-state index contributed by atoms with van der Waals surface area (Å²) in [7, 11) is -2.19. The normalized spacial score (nSPS) is 19.2. The van der Waals surface area contributed by atoms with Crippen LogP contribution in [0.1, 0.15) is 19.4 Å². The summed E-state index contributed by atoms with van der Waals surface area (Å²) in [4.78, 5) is 0. The quantitative estimate of drug-likeness (QED) is 0.874. The van der Waals surface area contributed by atoms with Gasteiger partial charge in [0.15, 0.2) is 0 Å². The van der Waals surface area contributed by atoms with Crippen LogP contribution in [0.15, 0.2) is 18.2 Å². The van der Waals surface area contributed by atoms with Crippen molar-refractivity contribution in [2.45, 2.75) is 26.0 Å². The maximum atomic E-state index is 11.6. The van der Waals surface area contributed by atoms with Crippen LogP contribution in [0.25, 0.3) is 0 Å². The number of nitrogens with zero attached hydrogens (tertiary/aromatic N) is 1. The summed E-state index contributed by atoms with van der Waals surface area (Å²) >= 11 is 0. The van der Waals surface area contributed by atoms with Gasteiger partial charge in [-0.15, -0.1) is 0 Å². The fourth-order valence-corrected chi connectivity index (χ4v) is 2.88. The monoisotopic (exact) mass is 286 g/mol. The van der Waals surface area contributed by atoms with Crippen molar-refractivity contribution in [1.29, 1.82) is 0 Å². The van der Waals surface area contributed by atoms with Gasteiger partial charge in [0.25, 0.3) is 10.2 Å². The molecular formula is C12H18N2O4S. The summed E-state index contributed by atoms with van der Waals surface area (Å²) in [5.41, 5.74) is 0.102. The predicted molar refractivity (Wildman–Crippen MR) is 71.2 cm³/mol. The third-order valence-electron chi connectivity index (χ3n) is 2.92. The predicted octanol–water partition coefficient (Wildman–Crippen LogP) is 0.872. The van der Waals surface area contributed by atoms with Crippen molar-refractivity contribution in [1.82, 2.24) is 4.31 Å². The van der Waals surface area contributed by atoms with Crippen molar-refractivity contribution in [2.24, 2.45) is 5.14 Å². The van der Waals surface area contributed by atoms with E-state index in [1.165, 1.54) is 4.31 Å². The van der Waals surface area contributed by atoms with Crippen molar-refractivity contribution in [2.75, 3.05) is 13.7 Å². The third-order valence-corrected chi connectivity index (χ3v) is 3.90. The minimum atomic E-state index is -3.76. The first-order chi connectivity index (χ1) is 8.71. The molecule has 0 saturated carbocycles. The van der Waals surface area contributed by atoms with Crippen LogP contribution in [0.3, 0.4) is 0 Å². The van der Waals surface area contributed by atoms with Gasteiger partial charge in [-0.2, -0.15) is 12.7 Å². The Labute approximate surface area is 113 Å². The molecule has 0 aromatic heterocycles. The number of rotatable bonds is 2. The van der Waals surface area contributed by atoms with Gasteiger partial charge in [0.05, 0.1) is 13.7 Å². The fourth-order valence-electron chi connectivity index (χ4n) is 2.07. The van der Waals surface area contributed by atoms with E-state index >= 15 is 0 Å². The second kappa shape index (κ2) is 4.66. The van der Waals surface area contributed by atoms with Crippen LogP contribution in [0.5, 0.6) is 11.5 Å². The molecule has 0 saturated heterocycles. The zero-order valence-corrected chi connectivity index (χ0v) is 12.0. The molecule has 0 fully saturated rings. The Morgan fingerprint density at radius 2 is 2.11 bits per heavy atom. The van der Waals surface area contributed by atoms with E-state index in [1.54, 1.807) is 25.3 Å². The smallest absolute Gasteiger partial charge is 0.277 e. The molecule has 2 N–H and O–H groups in total. The Morgan fingerprint density at radius 3 is 2.68 bits per heavy atom. The number of methoxy groups -OCH3 is 1. The molecule has 0 amide bonds. The van der Waals surface area contributed by atoms with Crippen molar-refractivity contribution in [3.8, 4) is 11.5 Å². The average Bonchev–Trinajstić information content (AvgIpc) is 2.41. The van der Waals surface area contributed by atoms with Crippen molar-refractivity contribution in [3.63, 3.8) is 0 Å². The minimum Gasteiger partial charge on any atom is -0.497 e. The van der Waals surface area contributed by atoms with Gasteiger partial charge in [-0.25, -0.2) is 5.14 Å². The molecule has 0 radical (unpaired) electrons. The Balaban J connectivity index is 2.46. The first kappa shape index (κ1) is 14.1. The number of benzene rings is 1. The molecule has 7 heteroatoms. The highest BCUT2D eigenvalue weighted by Crippen LogP contribution is 2.32. The molecule has 2 rings (SSSR count). The van der Waals surface area contributed by atoms with Gasteiger partial charge in [-0.3, -0.25) is 0 Å². The Hall–Kier alpha value is -1.31. The van der Waals surface area contributed by atoms with Crippen LogP contribution >= 0.6 is 0 Å². The number of nitrogens with two attached hydrogens (primary N) is 1. The van der Waals surface area contributed by atoms with Crippen molar-refractivity contribution < 1.29 is 17.9 Å². The van der Waals surface area contributed by atoms with Gasteiger partial charge >= 0.3 is 0 Å². The molecule has 0 aliphatic carbocycles. The van der Waals surface area contributed by atoms with E-state index in [2.05, 4.69) is 0 Å². The second-order valence-electron chi connectivity index (χ2n) is 5.15. The molecular weight excluding hydrogens is 268 g/mol. The molecule has 0 atom stereocenters. The molecule has 0 unspecified atom stereocenters. The van der Waals surface area contributed by atoms with E-state index in [4.69, 9.17) is 14.6 Å². The van der Waals surface area contributed by atoms with E-state index < -0.39 is 15.8 Å². The zero-order valence-electron chi connectivity index (χ0n) is 11.2. The topological polar surface area (TPSA) is 81.9 Å². The molecule has 0 bridgehead atoms. The maximum absolute atomic E-state index is 11.6. The van der Waals surface area contributed by atoms with Crippen LogP contribution in [0.2, 0.25) is 0 Å². The third kappa shape index (κ3) is 3.17. The highest BCUT2D eigenvalue weighted by atomic mass is 32.2. The average molecular weight is 286 g/mol. The molecule has 1 aliphatic heterocycles. The van der Waals surface area contributed by atoms with Crippen LogP contribution in [-0.4, -0.2) is 32.0 Å². The van der Waals surface area contributed by atoms with Gasteiger partial charge in [0.1, 0.15) is 17.1 Å². The van der Waals surface area contributed by atoms with Crippen LogP contribution in [-0.2, 0) is 16.8 Å². The fraction of sp³-hybridized carbons (Fsp3) is 0.500. The van der Waals surface area contributed by atoms with Crippen molar-refractivity contribution in [3.05, 3.63) is 23.8 Å². The first-order valence-corrected chi connectivity index (χ1v) is 7.35. The van der Waals surface area contributed by atoms with Gasteiger partial charge in [-0.1, -0.05) is 6.07 Å². The number of hydrogen-bond donors (Lipinski definition) is 1. The van der Waals surface area contributed by atoms with Crippen LogP contribution < -0.4 is 14.6 Å². The summed E-state index contributed by atoms with van der Waals surface area (Å²) in [6, 6.07) is 5.30. The summed E-state index contributed by atoms with van der Waals surface area (Å²) in [6.45, 7) is 4.03. The van der Waals surface area contributed by atoms with Gasteiger partial charge < -0.3 is 9.47 Å². The molecule has 19 heavy (non-hydrogen) atoms. The lowest BCUT2D eigenvalue weighted by atomic mass is 10.1. The molecule has 0 spiro atoms. The Morgan fingerprint density at radius 1 is 1.42 bits per heavy atom. The maximum Gasteiger partial charge on any atom is 0.277 e. The lowest BCUT2D eigenvalue weighted by Gasteiger charge is -2.27. The second-order valence-corrected chi connectivity index (χ2v) is 6.69. The lowest BCUT2D eigenvalue weighted by molar-refractivity contribution is 0.0953. The first-order valence-electron chi connectivity index (χ1n) is 5.85. The molecule has 6 nitrogen and oxygen atoms in total. The largest absolute Gasteiger partial charge is 0.497 e. The van der Waals surface area contributed by atoms with E-state index in [9.17, 15) is 8.42 Å². The van der Waals surface area contributed by atoms with Crippen LogP contribution in [0.4, 0.5) is 0 Å². The highest BCUT2D eigenvalue weighted by Gasteiger charge is 2.33. The highest BCUT2D eigenvalue weighted by molar-refractivity contribution is 7.86. The van der Waals surface area contributed by atoms with E-state index in [-0.39, 0.29) is 13.1 Å². The van der Waals surface area contributed by atoms with Crippen LogP contribution in [0, 0.1) is 0 Å². The molecule has 106 valence electrons. The number of fused-ring (bicyclic) bond motifs is 1. The zero-order chi connectivity index (χ0) is 14.3. The molecule has 1 aromatic carbocycles. The van der Waals surface area contributed by atoms with E-state index in [0.29, 0.717) is 11.5 Å². The van der Waals surface area contributed by atoms with Gasteiger partial charge in [-0.05, 0) is 19.9 Å². The van der Waals surface area contributed by atoms with Crippen molar-refractivity contribution >= 4 is 10.2 Å². The van der Waals surface area contributed by atoms with E-state index in [1.807, 2.05) is 13.8 Å². The van der Waals surface area contributed by atoms with Gasteiger partial charge in [0, 0.05) is 18.2 Å².